The Labute approximate surface area is 167 Å². The van der Waals surface area contributed by atoms with Gasteiger partial charge in [-0.25, -0.2) is 17.2 Å². The Kier molecular flexibility index (Phi) is 5.25. The SMILES string of the molecule is O=S(=O)(c1cccc(F)c1)N1CCN(c2ccc(-c3ccc(F)cc3)nn2)CC1. The number of sulfonamides is 1. The lowest BCUT2D eigenvalue weighted by Gasteiger charge is -2.34. The molecule has 1 aliphatic rings. The summed E-state index contributed by atoms with van der Waals surface area (Å²) in [6.45, 7) is 1.42. The highest BCUT2D eigenvalue weighted by molar-refractivity contribution is 7.89. The van der Waals surface area contributed by atoms with Crippen LogP contribution in [0, 0.1) is 11.6 Å². The summed E-state index contributed by atoms with van der Waals surface area (Å²) in [6.07, 6.45) is 0. The first-order valence-corrected chi connectivity index (χ1v) is 10.5. The average Bonchev–Trinajstić information content (AvgIpc) is 2.74. The van der Waals surface area contributed by atoms with Crippen molar-refractivity contribution in [2.75, 3.05) is 31.1 Å². The topological polar surface area (TPSA) is 66.4 Å². The first kappa shape index (κ1) is 19.4. The van der Waals surface area contributed by atoms with Gasteiger partial charge in [-0.05, 0) is 54.6 Å². The maximum Gasteiger partial charge on any atom is 0.243 e. The number of nitrogens with zero attached hydrogens (tertiary/aromatic N) is 4. The third kappa shape index (κ3) is 4.10. The molecule has 2 aromatic carbocycles. The quantitative estimate of drug-likeness (QED) is 0.654. The number of hydrogen-bond acceptors (Lipinski definition) is 5. The second kappa shape index (κ2) is 7.84. The van der Waals surface area contributed by atoms with Crippen molar-refractivity contribution in [1.82, 2.24) is 14.5 Å². The van der Waals surface area contributed by atoms with E-state index < -0.39 is 15.8 Å². The van der Waals surface area contributed by atoms with Gasteiger partial charge in [0.15, 0.2) is 5.82 Å². The fraction of sp³-hybridized carbons (Fsp3) is 0.200. The molecule has 150 valence electrons. The molecule has 2 heterocycles. The number of halogens is 2. The zero-order valence-corrected chi connectivity index (χ0v) is 16.2. The summed E-state index contributed by atoms with van der Waals surface area (Å²) in [7, 11) is -3.74. The van der Waals surface area contributed by atoms with Gasteiger partial charge < -0.3 is 4.90 Å². The van der Waals surface area contributed by atoms with Crippen molar-refractivity contribution < 1.29 is 17.2 Å². The minimum atomic E-state index is -3.74. The van der Waals surface area contributed by atoms with E-state index in [1.54, 1.807) is 18.2 Å². The highest BCUT2D eigenvalue weighted by Crippen LogP contribution is 2.22. The maximum absolute atomic E-state index is 13.4. The Bertz CT molecular complexity index is 1100. The second-order valence-corrected chi connectivity index (χ2v) is 8.57. The molecule has 6 nitrogen and oxygen atoms in total. The van der Waals surface area contributed by atoms with Crippen LogP contribution in [0.2, 0.25) is 0 Å². The molecular weight excluding hydrogens is 398 g/mol. The third-order valence-corrected chi connectivity index (χ3v) is 6.68. The number of hydrogen-bond donors (Lipinski definition) is 0. The first-order chi connectivity index (χ1) is 13.9. The van der Waals surface area contributed by atoms with Gasteiger partial charge in [0.25, 0.3) is 0 Å². The Morgan fingerprint density at radius 2 is 1.52 bits per heavy atom. The molecule has 9 heteroatoms. The lowest BCUT2D eigenvalue weighted by Crippen LogP contribution is -2.49. The van der Waals surface area contributed by atoms with Gasteiger partial charge in [-0.15, -0.1) is 10.2 Å². The van der Waals surface area contributed by atoms with Crippen LogP contribution in [0.5, 0.6) is 0 Å². The van der Waals surface area contributed by atoms with Crippen LogP contribution in [0.3, 0.4) is 0 Å². The van der Waals surface area contributed by atoms with Crippen LogP contribution < -0.4 is 4.90 Å². The van der Waals surface area contributed by atoms with E-state index in [2.05, 4.69) is 10.2 Å². The highest BCUT2D eigenvalue weighted by Gasteiger charge is 2.29. The zero-order valence-electron chi connectivity index (χ0n) is 15.4. The van der Waals surface area contributed by atoms with Crippen molar-refractivity contribution in [3.63, 3.8) is 0 Å². The molecule has 0 unspecified atom stereocenters. The molecule has 0 atom stereocenters. The summed E-state index contributed by atoms with van der Waals surface area (Å²) in [6, 6.07) is 14.6. The predicted molar refractivity (Wildman–Crippen MR) is 105 cm³/mol. The van der Waals surface area contributed by atoms with Crippen LogP contribution >= 0.6 is 0 Å². The predicted octanol–water partition coefficient (Wildman–Crippen LogP) is 2.93. The molecule has 3 aromatic rings. The molecule has 0 aliphatic carbocycles. The molecule has 0 radical (unpaired) electrons. The van der Waals surface area contributed by atoms with Gasteiger partial charge in [0.05, 0.1) is 10.6 Å². The molecule has 0 saturated carbocycles. The molecule has 29 heavy (non-hydrogen) atoms. The molecule has 1 fully saturated rings. The van der Waals surface area contributed by atoms with E-state index in [0.717, 1.165) is 11.6 Å². The second-order valence-electron chi connectivity index (χ2n) is 6.63. The van der Waals surface area contributed by atoms with E-state index in [0.29, 0.717) is 24.6 Å². The van der Waals surface area contributed by atoms with Crippen LogP contribution in [-0.2, 0) is 10.0 Å². The van der Waals surface area contributed by atoms with Crippen molar-refractivity contribution >= 4 is 15.8 Å². The molecular formula is C20H18F2N4O2S. The smallest absolute Gasteiger partial charge is 0.243 e. The standard InChI is InChI=1S/C20H18F2N4O2S/c21-16-6-4-15(5-7-16)19-8-9-20(24-23-19)25-10-12-26(13-11-25)29(27,28)18-3-1-2-17(22)14-18/h1-9,14H,10-13H2. The van der Waals surface area contributed by atoms with Crippen LogP contribution in [-0.4, -0.2) is 49.1 Å². The molecule has 0 N–H and O–H groups in total. The third-order valence-electron chi connectivity index (χ3n) is 4.79. The van der Waals surface area contributed by atoms with Crippen LogP contribution in [0.25, 0.3) is 11.3 Å². The molecule has 0 bridgehead atoms. The van der Waals surface area contributed by atoms with Crippen molar-refractivity contribution in [2.24, 2.45) is 0 Å². The fourth-order valence-corrected chi connectivity index (χ4v) is 4.66. The first-order valence-electron chi connectivity index (χ1n) is 9.04. The van der Waals surface area contributed by atoms with E-state index >= 15 is 0 Å². The van der Waals surface area contributed by atoms with E-state index in [1.807, 2.05) is 11.0 Å². The number of anilines is 1. The minimum absolute atomic E-state index is 0.0469. The molecule has 0 spiro atoms. The van der Waals surface area contributed by atoms with Crippen molar-refractivity contribution in [3.8, 4) is 11.3 Å². The summed E-state index contributed by atoms with van der Waals surface area (Å²) in [5.41, 5.74) is 1.39. The Morgan fingerprint density at radius 1 is 0.793 bits per heavy atom. The summed E-state index contributed by atoms with van der Waals surface area (Å²) in [5, 5.41) is 8.41. The number of aromatic nitrogens is 2. The lowest BCUT2D eigenvalue weighted by molar-refractivity contribution is 0.383. The zero-order chi connectivity index (χ0) is 20.4. The van der Waals surface area contributed by atoms with Gasteiger partial charge in [-0.2, -0.15) is 4.31 Å². The molecule has 0 amide bonds. The number of benzene rings is 2. The normalized spacial score (nSPS) is 15.4. The summed E-state index contributed by atoms with van der Waals surface area (Å²) >= 11 is 0. The summed E-state index contributed by atoms with van der Waals surface area (Å²) in [5.74, 6) is -0.260. The van der Waals surface area contributed by atoms with Crippen molar-refractivity contribution in [2.45, 2.75) is 4.90 Å². The van der Waals surface area contributed by atoms with E-state index in [-0.39, 0.29) is 23.8 Å². The van der Waals surface area contributed by atoms with E-state index in [9.17, 15) is 17.2 Å². The number of piperazine rings is 1. The van der Waals surface area contributed by atoms with Crippen molar-refractivity contribution in [1.29, 1.82) is 0 Å². The monoisotopic (exact) mass is 416 g/mol. The lowest BCUT2D eigenvalue weighted by atomic mass is 10.1. The molecule has 1 saturated heterocycles. The van der Waals surface area contributed by atoms with Gasteiger partial charge >= 0.3 is 0 Å². The Hall–Kier alpha value is -2.91. The molecule has 4 rings (SSSR count). The van der Waals surface area contributed by atoms with Crippen LogP contribution in [0.15, 0.2) is 65.6 Å². The largest absolute Gasteiger partial charge is 0.352 e. The van der Waals surface area contributed by atoms with Gasteiger partial charge in [-0.3, -0.25) is 0 Å². The molecule has 1 aliphatic heterocycles. The van der Waals surface area contributed by atoms with Crippen molar-refractivity contribution in [3.05, 3.63) is 72.3 Å². The van der Waals surface area contributed by atoms with Crippen LogP contribution in [0.4, 0.5) is 14.6 Å². The van der Waals surface area contributed by atoms with Gasteiger partial charge in [0, 0.05) is 31.7 Å². The van der Waals surface area contributed by atoms with Gasteiger partial charge in [-0.1, -0.05) is 6.07 Å². The average molecular weight is 416 g/mol. The fourth-order valence-electron chi connectivity index (χ4n) is 3.20. The number of rotatable bonds is 4. The maximum atomic E-state index is 13.4. The van der Waals surface area contributed by atoms with Gasteiger partial charge in [0.2, 0.25) is 10.0 Å². The summed E-state index contributed by atoms with van der Waals surface area (Å²) < 4.78 is 53.2. The highest BCUT2D eigenvalue weighted by atomic mass is 32.2. The summed E-state index contributed by atoms with van der Waals surface area (Å²) in [4.78, 5) is 1.90. The van der Waals surface area contributed by atoms with Crippen LogP contribution in [0.1, 0.15) is 0 Å². The van der Waals surface area contributed by atoms with Gasteiger partial charge in [0.1, 0.15) is 11.6 Å². The Morgan fingerprint density at radius 3 is 2.14 bits per heavy atom. The minimum Gasteiger partial charge on any atom is -0.352 e. The molecule has 1 aromatic heterocycles. The van der Waals surface area contributed by atoms with E-state index in [4.69, 9.17) is 0 Å². The van der Waals surface area contributed by atoms with E-state index in [1.165, 1.54) is 34.6 Å². The Balaban J connectivity index is 1.43.